The fourth-order valence-corrected chi connectivity index (χ4v) is 2.57. The van der Waals surface area contributed by atoms with E-state index in [9.17, 15) is 4.79 Å². The summed E-state index contributed by atoms with van der Waals surface area (Å²) in [6.45, 7) is 3.81. The summed E-state index contributed by atoms with van der Waals surface area (Å²) in [5.41, 5.74) is 3.58. The van der Waals surface area contributed by atoms with E-state index in [1.165, 1.54) is 0 Å². The van der Waals surface area contributed by atoms with Gasteiger partial charge in [-0.05, 0) is 11.6 Å². The molecule has 7 heteroatoms. The second-order valence-corrected chi connectivity index (χ2v) is 5.27. The molecule has 1 saturated heterocycles. The van der Waals surface area contributed by atoms with Gasteiger partial charge in [-0.15, -0.1) is 5.73 Å². The molecule has 1 aliphatic heterocycles. The predicted molar refractivity (Wildman–Crippen MR) is 86.0 cm³/mol. The molecule has 1 aromatic rings. The van der Waals surface area contributed by atoms with Crippen molar-refractivity contribution in [1.29, 1.82) is 0 Å². The minimum Gasteiger partial charge on any atom is -0.429 e. The number of carbonyl (C=O) groups is 1. The number of rotatable bonds is 6. The van der Waals surface area contributed by atoms with Gasteiger partial charge in [0.25, 0.3) is 0 Å². The molecule has 0 spiro atoms. The average Bonchev–Trinajstić information content (AvgIpc) is 2.83. The number of benzene rings is 1. The molecular weight excluding hydrogens is 297 g/mol. The Kier molecular flexibility index (Phi) is 6.44. The lowest BCUT2D eigenvalue weighted by Gasteiger charge is -2.20. The molecule has 1 fully saturated rings. The Morgan fingerprint density at radius 1 is 1.43 bits per heavy atom. The highest BCUT2D eigenvalue weighted by Crippen LogP contribution is 2.29. The molecule has 4 atom stereocenters. The van der Waals surface area contributed by atoms with Gasteiger partial charge in [0.15, 0.2) is 0 Å². The maximum atomic E-state index is 12.0. The summed E-state index contributed by atoms with van der Waals surface area (Å²) >= 11 is 0. The van der Waals surface area contributed by atoms with Crippen LogP contribution in [0, 0.1) is 5.92 Å². The lowest BCUT2D eigenvalue weighted by atomic mass is 9.84. The van der Waals surface area contributed by atoms with Gasteiger partial charge < -0.3 is 19.0 Å². The van der Waals surface area contributed by atoms with Crippen LogP contribution in [0.2, 0.25) is 0 Å². The largest absolute Gasteiger partial charge is 0.508 e. The van der Waals surface area contributed by atoms with E-state index in [0.29, 0.717) is 0 Å². The second-order valence-electron chi connectivity index (χ2n) is 5.27. The highest BCUT2D eigenvalue weighted by atomic mass is 16.7. The molecule has 2 N–H and O–H groups in total. The van der Waals surface area contributed by atoms with E-state index < -0.39 is 18.4 Å². The molecule has 1 unspecified atom stereocenters. The Labute approximate surface area is 136 Å². The molecule has 2 rings (SSSR count). The number of carbonyl (C=O) groups excluding carboxylic acids is 1. The molecule has 0 aromatic heterocycles. The van der Waals surface area contributed by atoms with Gasteiger partial charge in [-0.1, -0.05) is 36.9 Å². The fraction of sp³-hybridized carbons (Fsp3) is 0.375. The van der Waals surface area contributed by atoms with Crippen molar-refractivity contribution in [2.75, 3.05) is 6.61 Å². The number of ether oxygens (including phenoxy) is 3. The van der Waals surface area contributed by atoms with Gasteiger partial charge in [0.2, 0.25) is 0 Å². The Morgan fingerprint density at radius 2 is 2.17 bits per heavy atom. The summed E-state index contributed by atoms with van der Waals surface area (Å²) in [7, 11) is 1.88. The van der Waals surface area contributed by atoms with Crippen molar-refractivity contribution >= 4 is 14.0 Å². The third-order valence-electron chi connectivity index (χ3n) is 3.68. The second kappa shape index (κ2) is 8.55. The van der Waals surface area contributed by atoms with Crippen LogP contribution in [0.5, 0.6) is 0 Å². The molecule has 0 aliphatic carbocycles. The summed E-state index contributed by atoms with van der Waals surface area (Å²) in [5.74, 6) is 4.93. The number of hydrogen-bond acceptors (Lipinski definition) is 6. The summed E-state index contributed by atoms with van der Waals surface area (Å²) < 4.78 is 16.3. The van der Waals surface area contributed by atoms with Crippen LogP contribution in [-0.4, -0.2) is 38.8 Å². The minimum atomic E-state index is -0.763. The van der Waals surface area contributed by atoms with Crippen LogP contribution in [0.15, 0.2) is 48.7 Å². The van der Waals surface area contributed by atoms with Crippen LogP contribution in [0.25, 0.3) is 0 Å². The van der Waals surface area contributed by atoms with Gasteiger partial charge >= 0.3 is 6.16 Å². The molecule has 1 aromatic carbocycles. The molecule has 0 radical (unpaired) electrons. The van der Waals surface area contributed by atoms with Crippen molar-refractivity contribution in [3.63, 3.8) is 0 Å². The normalized spacial score (nSPS) is 26.3. The molecule has 0 bridgehead atoms. The maximum Gasteiger partial charge on any atom is 0.508 e. The van der Waals surface area contributed by atoms with Crippen LogP contribution in [0.3, 0.4) is 0 Å². The van der Waals surface area contributed by atoms with Crippen LogP contribution in [0.1, 0.15) is 5.56 Å². The first kappa shape index (κ1) is 17.3. The first-order valence-electron chi connectivity index (χ1n) is 7.36. The predicted octanol–water partition coefficient (Wildman–Crippen LogP) is 0.914. The minimum absolute atomic E-state index is 0.114. The Balaban J connectivity index is 1.96. The SMILES string of the molecule is B[C@@H]1O[C@H](CON)[C@H](OC(=O)OCc2ccccc2)C1C=C=C. The van der Waals surface area contributed by atoms with E-state index in [0.717, 1.165) is 5.56 Å². The Hall–Kier alpha value is -2.05. The third kappa shape index (κ3) is 4.71. The van der Waals surface area contributed by atoms with Crippen molar-refractivity contribution < 1.29 is 23.8 Å². The first-order valence-corrected chi connectivity index (χ1v) is 7.36. The van der Waals surface area contributed by atoms with Gasteiger partial charge in [-0.3, -0.25) is 0 Å². The van der Waals surface area contributed by atoms with Gasteiger partial charge in [0.05, 0.1) is 6.61 Å². The fourth-order valence-electron chi connectivity index (χ4n) is 2.57. The van der Waals surface area contributed by atoms with E-state index in [1.54, 1.807) is 6.08 Å². The van der Waals surface area contributed by atoms with E-state index >= 15 is 0 Å². The Morgan fingerprint density at radius 3 is 2.83 bits per heavy atom. The summed E-state index contributed by atoms with van der Waals surface area (Å²) in [6, 6.07) is 9.19. The third-order valence-corrected chi connectivity index (χ3v) is 3.68. The topological polar surface area (TPSA) is 80.0 Å². The highest BCUT2D eigenvalue weighted by molar-refractivity contribution is 6.11. The van der Waals surface area contributed by atoms with Crippen molar-refractivity contribution in [1.82, 2.24) is 0 Å². The maximum absolute atomic E-state index is 12.0. The van der Waals surface area contributed by atoms with Crippen molar-refractivity contribution in [3.05, 3.63) is 54.3 Å². The molecule has 1 aliphatic rings. The monoisotopic (exact) mass is 317 g/mol. The van der Waals surface area contributed by atoms with E-state index in [-0.39, 0.29) is 25.1 Å². The van der Waals surface area contributed by atoms with Crippen molar-refractivity contribution in [2.45, 2.75) is 24.8 Å². The smallest absolute Gasteiger partial charge is 0.429 e. The lowest BCUT2D eigenvalue weighted by Crippen LogP contribution is -2.35. The molecule has 23 heavy (non-hydrogen) atoms. The van der Waals surface area contributed by atoms with Crippen LogP contribution < -0.4 is 5.90 Å². The molecule has 0 saturated carbocycles. The zero-order valence-corrected chi connectivity index (χ0v) is 13.0. The van der Waals surface area contributed by atoms with E-state index in [1.807, 2.05) is 38.2 Å². The van der Waals surface area contributed by atoms with Gasteiger partial charge in [0.1, 0.15) is 26.7 Å². The highest BCUT2D eigenvalue weighted by Gasteiger charge is 2.44. The zero-order chi connectivity index (χ0) is 16.7. The van der Waals surface area contributed by atoms with Crippen molar-refractivity contribution in [3.8, 4) is 0 Å². The number of nitrogens with two attached hydrogens (primary N) is 1. The standard InChI is InChI=1S/C16H20BNO5/c1-2-6-12-14(13(10-21-18)22-15(12)17)23-16(19)20-9-11-7-4-3-5-8-11/h3-8,12-15H,1,9-10,17-18H2/t12?,13-,14-,15-/m1/s1. The van der Waals surface area contributed by atoms with Crippen molar-refractivity contribution in [2.24, 2.45) is 11.8 Å². The molecule has 122 valence electrons. The van der Waals surface area contributed by atoms with Crippen LogP contribution >= 0.6 is 0 Å². The summed E-state index contributed by atoms with van der Waals surface area (Å²) in [5, 5.41) is 0. The van der Waals surface area contributed by atoms with E-state index in [4.69, 9.17) is 20.1 Å². The lowest BCUT2D eigenvalue weighted by molar-refractivity contribution is -0.0527. The molecule has 1 heterocycles. The van der Waals surface area contributed by atoms with Gasteiger partial charge in [0, 0.05) is 11.9 Å². The van der Waals surface area contributed by atoms with E-state index in [2.05, 4.69) is 17.1 Å². The van der Waals surface area contributed by atoms with Crippen LogP contribution in [-0.2, 0) is 25.7 Å². The Bertz CT molecular complexity index is 561. The zero-order valence-electron chi connectivity index (χ0n) is 13.0. The summed E-state index contributed by atoms with van der Waals surface area (Å²) in [6.07, 6.45) is -0.0722. The average molecular weight is 317 g/mol. The molecular formula is C16H20BNO5. The molecule has 6 nitrogen and oxygen atoms in total. The quantitative estimate of drug-likeness (QED) is 0.364. The number of hydrogen-bond donors (Lipinski definition) is 1. The van der Waals surface area contributed by atoms with Gasteiger partial charge in [-0.2, -0.15) is 0 Å². The first-order chi connectivity index (χ1) is 11.2. The summed E-state index contributed by atoms with van der Waals surface area (Å²) in [4.78, 5) is 16.6. The molecule has 0 amide bonds. The van der Waals surface area contributed by atoms with Gasteiger partial charge in [-0.25, -0.2) is 10.7 Å². The van der Waals surface area contributed by atoms with Crippen LogP contribution in [0.4, 0.5) is 4.79 Å².